The van der Waals surface area contributed by atoms with Crippen molar-refractivity contribution in [2.75, 3.05) is 6.26 Å². The Bertz CT molecular complexity index is 236. The van der Waals surface area contributed by atoms with Crippen molar-refractivity contribution in [3.05, 3.63) is 11.6 Å². The summed E-state index contributed by atoms with van der Waals surface area (Å²) in [7, 11) is 0. The molecular formula is C7H12N4S. The third-order valence-corrected chi connectivity index (χ3v) is 2.49. The average Bonchev–Trinajstić information content (AvgIpc) is 2.17. The molecule has 0 N–H and O–H groups in total. The maximum atomic E-state index is 3.98. The van der Waals surface area contributed by atoms with Crippen LogP contribution in [0.4, 0.5) is 0 Å². The number of nitrogens with zero attached hydrogens (tertiary/aromatic N) is 4. The third kappa shape index (κ3) is 2.14. The first-order chi connectivity index (χ1) is 5.77. The minimum Gasteiger partial charge on any atom is -0.154 e. The normalized spacial score (nSPS) is 12.9. The van der Waals surface area contributed by atoms with E-state index < -0.39 is 0 Å². The Hall–Kier alpha value is -0.710. The minimum absolute atomic E-state index is 0.274. The highest BCUT2D eigenvalue weighted by Gasteiger charge is 2.07. The molecule has 0 bridgehead atoms. The fraction of sp³-hybridized carbons (Fsp3) is 0.714. The molecule has 1 aromatic rings. The molecule has 0 saturated heterocycles. The molecular weight excluding hydrogens is 172 g/mol. The van der Waals surface area contributed by atoms with E-state index in [2.05, 4.69) is 20.4 Å². The Kier molecular flexibility index (Phi) is 3.40. The zero-order valence-corrected chi connectivity index (χ0v) is 8.30. The summed E-state index contributed by atoms with van der Waals surface area (Å²) in [5.74, 6) is 1.41. The summed E-state index contributed by atoms with van der Waals surface area (Å²) < 4.78 is 0. The quantitative estimate of drug-likeness (QED) is 0.707. The van der Waals surface area contributed by atoms with Crippen LogP contribution in [0, 0.1) is 0 Å². The van der Waals surface area contributed by atoms with Crippen LogP contribution in [0.25, 0.3) is 0 Å². The van der Waals surface area contributed by atoms with Gasteiger partial charge in [0.05, 0.1) is 5.25 Å². The van der Waals surface area contributed by atoms with Crippen molar-refractivity contribution in [1.29, 1.82) is 0 Å². The fourth-order valence-electron chi connectivity index (χ4n) is 0.667. The number of aromatic nitrogens is 4. The van der Waals surface area contributed by atoms with Gasteiger partial charge in [-0.15, -0.1) is 20.4 Å². The van der Waals surface area contributed by atoms with Crippen LogP contribution in [0.1, 0.15) is 30.7 Å². The van der Waals surface area contributed by atoms with E-state index in [4.69, 9.17) is 0 Å². The SMILES string of the molecule is CCc1nnc(C(C)SC)nn1. The molecule has 0 aromatic carbocycles. The van der Waals surface area contributed by atoms with Gasteiger partial charge in [-0.3, -0.25) is 0 Å². The second kappa shape index (κ2) is 4.35. The fourth-order valence-corrected chi connectivity index (χ4v) is 0.972. The lowest BCUT2D eigenvalue weighted by Crippen LogP contribution is -2.05. The number of aryl methyl sites for hydroxylation is 1. The van der Waals surface area contributed by atoms with Crippen LogP contribution >= 0.6 is 11.8 Å². The highest BCUT2D eigenvalue weighted by Crippen LogP contribution is 2.20. The first kappa shape index (κ1) is 9.38. The molecule has 0 fully saturated rings. The lowest BCUT2D eigenvalue weighted by molar-refractivity contribution is 0.708. The highest BCUT2D eigenvalue weighted by molar-refractivity contribution is 7.98. The molecule has 0 radical (unpaired) electrons. The molecule has 0 aliphatic heterocycles. The molecule has 1 aromatic heterocycles. The molecule has 0 aliphatic rings. The summed E-state index contributed by atoms with van der Waals surface area (Å²) in [5, 5.41) is 16.1. The highest BCUT2D eigenvalue weighted by atomic mass is 32.2. The van der Waals surface area contributed by atoms with E-state index in [9.17, 15) is 0 Å². The van der Waals surface area contributed by atoms with Crippen molar-refractivity contribution in [2.45, 2.75) is 25.5 Å². The summed E-state index contributed by atoms with van der Waals surface area (Å²) in [5.41, 5.74) is 0. The van der Waals surface area contributed by atoms with Crippen LogP contribution in [-0.2, 0) is 6.42 Å². The second-order valence-corrected chi connectivity index (χ2v) is 3.58. The van der Waals surface area contributed by atoms with E-state index in [1.165, 1.54) is 0 Å². The molecule has 66 valence electrons. The van der Waals surface area contributed by atoms with Crippen molar-refractivity contribution in [1.82, 2.24) is 20.4 Å². The van der Waals surface area contributed by atoms with Gasteiger partial charge >= 0.3 is 0 Å². The maximum Gasteiger partial charge on any atom is 0.186 e. The standard InChI is InChI=1S/C7H12N4S/c1-4-6-8-10-7(11-9-6)5(2)12-3/h5H,4H2,1-3H3. The molecule has 4 nitrogen and oxygen atoms in total. The van der Waals surface area contributed by atoms with Gasteiger partial charge in [0, 0.05) is 6.42 Å². The Balaban J connectivity index is 2.77. The van der Waals surface area contributed by atoms with Crippen LogP contribution in [0.5, 0.6) is 0 Å². The van der Waals surface area contributed by atoms with Gasteiger partial charge in [0.25, 0.3) is 0 Å². The van der Waals surface area contributed by atoms with Crippen molar-refractivity contribution in [3.63, 3.8) is 0 Å². The average molecular weight is 184 g/mol. The van der Waals surface area contributed by atoms with Crippen molar-refractivity contribution >= 4 is 11.8 Å². The Labute approximate surface area is 76.2 Å². The first-order valence-electron chi connectivity index (χ1n) is 3.87. The van der Waals surface area contributed by atoms with Gasteiger partial charge in [-0.05, 0) is 13.2 Å². The molecule has 1 rings (SSSR count). The van der Waals surface area contributed by atoms with Crippen LogP contribution < -0.4 is 0 Å². The van der Waals surface area contributed by atoms with Crippen LogP contribution in [0.3, 0.4) is 0 Å². The van der Waals surface area contributed by atoms with Gasteiger partial charge in [0.2, 0.25) is 0 Å². The molecule has 0 amide bonds. The molecule has 1 atom stereocenters. The number of rotatable bonds is 3. The van der Waals surface area contributed by atoms with E-state index in [0.29, 0.717) is 11.6 Å². The number of hydrogen-bond acceptors (Lipinski definition) is 5. The Morgan fingerprint density at radius 2 is 1.83 bits per heavy atom. The zero-order chi connectivity index (χ0) is 8.97. The van der Waals surface area contributed by atoms with Gasteiger partial charge in [-0.1, -0.05) is 6.92 Å². The molecule has 1 heterocycles. The maximum absolute atomic E-state index is 3.98. The number of thioether (sulfide) groups is 1. The first-order valence-corrected chi connectivity index (χ1v) is 5.15. The third-order valence-electron chi connectivity index (χ3n) is 1.57. The largest absolute Gasteiger partial charge is 0.186 e. The molecule has 12 heavy (non-hydrogen) atoms. The van der Waals surface area contributed by atoms with E-state index >= 15 is 0 Å². The summed E-state index contributed by atoms with van der Waals surface area (Å²) in [4.78, 5) is 0. The van der Waals surface area contributed by atoms with Gasteiger partial charge in [0.1, 0.15) is 0 Å². The van der Waals surface area contributed by atoms with Crippen molar-refractivity contribution < 1.29 is 0 Å². The summed E-state index contributed by atoms with van der Waals surface area (Å²) >= 11 is 1.69. The predicted octanol–water partition coefficient (Wildman–Crippen LogP) is 1.25. The molecule has 0 saturated carbocycles. The lowest BCUT2D eigenvalue weighted by atomic mass is 10.4. The van der Waals surface area contributed by atoms with Crippen LogP contribution in [0.2, 0.25) is 0 Å². The minimum atomic E-state index is 0.274. The second-order valence-electron chi connectivity index (χ2n) is 2.41. The number of hydrogen-bond donors (Lipinski definition) is 0. The predicted molar refractivity (Wildman–Crippen MR) is 48.9 cm³/mol. The lowest BCUT2D eigenvalue weighted by Gasteiger charge is -2.03. The van der Waals surface area contributed by atoms with E-state index in [0.717, 1.165) is 6.42 Å². The summed E-state index contributed by atoms with van der Waals surface area (Å²) in [6.45, 7) is 4.02. The van der Waals surface area contributed by atoms with Gasteiger partial charge in [-0.2, -0.15) is 11.8 Å². The topological polar surface area (TPSA) is 51.6 Å². The van der Waals surface area contributed by atoms with E-state index in [-0.39, 0.29) is 5.25 Å². The molecule has 0 spiro atoms. The van der Waals surface area contributed by atoms with Crippen LogP contribution in [-0.4, -0.2) is 26.7 Å². The smallest absolute Gasteiger partial charge is 0.154 e. The molecule has 5 heteroatoms. The van der Waals surface area contributed by atoms with Crippen molar-refractivity contribution in [3.8, 4) is 0 Å². The Morgan fingerprint density at radius 3 is 2.25 bits per heavy atom. The monoisotopic (exact) mass is 184 g/mol. The van der Waals surface area contributed by atoms with E-state index in [1.54, 1.807) is 11.8 Å². The molecule has 1 unspecified atom stereocenters. The van der Waals surface area contributed by atoms with Gasteiger partial charge < -0.3 is 0 Å². The summed E-state index contributed by atoms with van der Waals surface area (Å²) in [6.07, 6.45) is 2.80. The van der Waals surface area contributed by atoms with E-state index in [1.807, 2.05) is 20.1 Å². The van der Waals surface area contributed by atoms with Crippen LogP contribution in [0.15, 0.2) is 0 Å². The van der Waals surface area contributed by atoms with Gasteiger partial charge in [0.15, 0.2) is 11.6 Å². The van der Waals surface area contributed by atoms with Crippen molar-refractivity contribution in [2.24, 2.45) is 0 Å². The zero-order valence-electron chi connectivity index (χ0n) is 7.48. The molecule has 0 aliphatic carbocycles. The van der Waals surface area contributed by atoms with Gasteiger partial charge in [-0.25, -0.2) is 0 Å². The Morgan fingerprint density at radius 1 is 1.25 bits per heavy atom. The summed E-state index contributed by atoms with van der Waals surface area (Å²) in [6, 6.07) is 0.